The van der Waals surface area contributed by atoms with Crippen LogP contribution in [-0.2, 0) is 6.42 Å². The number of nitrogens with zero attached hydrogens (tertiary/aromatic N) is 2. The van der Waals surface area contributed by atoms with E-state index in [2.05, 4.69) is 16.9 Å². The molecule has 0 radical (unpaired) electrons. The summed E-state index contributed by atoms with van der Waals surface area (Å²) in [7, 11) is 0. The molecule has 0 bridgehead atoms. The standard InChI is InChI=1S/C17H21ClN2O/c18-17-8-4-3-7-16(17)13(12-21)11-14-9-10-20(19-14)15-5-1-2-6-15/h3-4,7-10,13,15,21H,1-2,5-6,11-12H2. The minimum absolute atomic E-state index is 0.00521. The smallest absolute Gasteiger partial charge is 0.0631 e. The van der Waals surface area contributed by atoms with Crippen LogP contribution in [0.2, 0.25) is 5.02 Å². The first-order valence-corrected chi connectivity index (χ1v) is 8.05. The van der Waals surface area contributed by atoms with Crippen LogP contribution in [0.5, 0.6) is 0 Å². The van der Waals surface area contributed by atoms with E-state index in [9.17, 15) is 5.11 Å². The molecule has 1 aromatic carbocycles. The van der Waals surface area contributed by atoms with E-state index in [1.165, 1.54) is 25.7 Å². The number of aromatic nitrogens is 2. The third-order valence-electron chi connectivity index (χ3n) is 4.38. The van der Waals surface area contributed by atoms with Gasteiger partial charge in [-0.3, -0.25) is 4.68 Å². The van der Waals surface area contributed by atoms with E-state index in [1.807, 2.05) is 24.3 Å². The van der Waals surface area contributed by atoms with Crippen molar-refractivity contribution in [3.8, 4) is 0 Å². The highest BCUT2D eigenvalue weighted by atomic mass is 35.5. The van der Waals surface area contributed by atoms with Crippen LogP contribution in [0, 0.1) is 0 Å². The maximum Gasteiger partial charge on any atom is 0.0631 e. The van der Waals surface area contributed by atoms with Crippen LogP contribution < -0.4 is 0 Å². The van der Waals surface area contributed by atoms with Crippen molar-refractivity contribution in [2.75, 3.05) is 6.61 Å². The number of rotatable bonds is 5. The molecule has 0 spiro atoms. The largest absolute Gasteiger partial charge is 0.396 e. The third kappa shape index (κ3) is 3.30. The number of hydrogen-bond acceptors (Lipinski definition) is 2. The molecular weight excluding hydrogens is 284 g/mol. The SMILES string of the molecule is OCC(Cc1ccn(C2CCCC2)n1)c1ccccc1Cl. The number of halogens is 1. The van der Waals surface area contributed by atoms with Gasteiger partial charge in [-0.25, -0.2) is 0 Å². The molecule has 112 valence electrons. The summed E-state index contributed by atoms with van der Waals surface area (Å²) < 4.78 is 2.10. The highest BCUT2D eigenvalue weighted by Gasteiger charge is 2.19. The zero-order valence-electron chi connectivity index (χ0n) is 12.1. The van der Waals surface area contributed by atoms with Gasteiger partial charge in [0.25, 0.3) is 0 Å². The number of hydrogen-bond donors (Lipinski definition) is 1. The predicted octanol–water partition coefficient (Wildman–Crippen LogP) is 3.97. The first kappa shape index (κ1) is 14.6. The van der Waals surface area contributed by atoms with Crippen molar-refractivity contribution in [3.05, 3.63) is 52.8 Å². The number of benzene rings is 1. The molecule has 1 aliphatic carbocycles. The van der Waals surface area contributed by atoms with E-state index in [-0.39, 0.29) is 12.5 Å². The third-order valence-corrected chi connectivity index (χ3v) is 4.73. The molecule has 1 N–H and O–H groups in total. The van der Waals surface area contributed by atoms with Crippen molar-refractivity contribution in [1.82, 2.24) is 9.78 Å². The highest BCUT2D eigenvalue weighted by molar-refractivity contribution is 6.31. The summed E-state index contributed by atoms with van der Waals surface area (Å²) in [5.74, 6) is 0.00521. The van der Waals surface area contributed by atoms with Crippen LogP contribution in [0.25, 0.3) is 0 Å². The van der Waals surface area contributed by atoms with E-state index >= 15 is 0 Å². The summed E-state index contributed by atoms with van der Waals surface area (Å²) in [6, 6.07) is 10.4. The lowest BCUT2D eigenvalue weighted by molar-refractivity contribution is 0.263. The molecule has 2 aromatic rings. The van der Waals surface area contributed by atoms with Gasteiger partial charge in [0.2, 0.25) is 0 Å². The van der Waals surface area contributed by atoms with Gasteiger partial charge in [-0.1, -0.05) is 42.6 Å². The molecule has 4 heteroatoms. The average Bonchev–Trinajstić information content (AvgIpc) is 3.16. The molecule has 0 amide bonds. The summed E-state index contributed by atoms with van der Waals surface area (Å²) in [5, 5.41) is 15.1. The monoisotopic (exact) mass is 304 g/mol. The van der Waals surface area contributed by atoms with Crippen molar-refractivity contribution in [1.29, 1.82) is 0 Å². The van der Waals surface area contributed by atoms with Crippen molar-refractivity contribution >= 4 is 11.6 Å². The first-order valence-electron chi connectivity index (χ1n) is 7.67. The van der Waals surface area contributed by atoms with E-state index < -0.39 is 0 Å². The fourth-order valence-corrected chi connectivity index (χ4v) is 3.48. The molecule has 1 heterocycles. The molecule has 1 fully saturated rings. The molecule has 1 saturated carbocycles. The second kappa shape index (κ2) is 6.63. The van der Waals surface area contributed by atoms with Gasteiger partial charge in [0.05, 0.1) is 18.3 Å². The lowest BCUT2D eigenvalue weighted by Crippen LogP contribution is -2.10. The highest BCUT2D eigenvalue weighted by Crippen LogP contribution is 2.30. The molecule has 1 unspecified atom stereocenters. The summed E-state index contributed by atoms with van der Waals surface area (Å²) in [4.78, 5) is 0. The normalized spacial score (nSPS) is 17.2. The van der Waals surface area contributed by atoms with Gasteiger partial charge in [0.15, 0.2) is 0 Å². The van der Waals surface area contributed by atoms with Crippen LogP contribution >= 0.6 is 11.6 Å². The molecule has 3 nitrogen and oxygen atoms in total. The van der Waals surface area contributed by atoms with E-state index in [0.717, 1.165) is 17.7 Å². The van der Waals surface area contributed by atoms with Gasteiger partial charge < -0.3 is 5.11 Å². The summed E-state index contributed by atoms with van der Waals surface area (Å²) in [5.41, 5.74) is 2.03. The fraction of sp³-hybridized carbons (Fsp3) is 0.471. The van der Waals surface area contributed by atoms with Gasteiger partial charge in [0, 0.05) is 23.6 Å². The molecular formula is C17H21ClN2O. The predicted molar refractivity (Wildman–Crippen MR) is 84.7 cm³/mol. The van der Waals surface area contributed by atoms with Gasteiger partial charge in [0.1, 0.15) is 0 Å². The molecule has 21 heavy (non-hydrogen) atoms. The molecule has 3 rings (SSSR count). The molecule has 0 aliphatic heterocycles. The van der Waals surface area contributed by atoms with Gasteiger partial charge in [-0.2, -0.15) is 5.10 Å². The number of aliphatic hydroxyl groups is 1. The van der Waals surface area contributed by atoms with Crippen molar-refractivity contribution < 1.29 is 5.11 Å². The van der Waals surface area contributed by atoms with Crippen molar-refractivity contribution in [2.45, 2.75) is 44.1 Å². The fourth-order valence-electron chi connectivity index (χ4n) is 3.19. The Morgan fingerprint density at radius 3 is 2.71 bits per heavy atom. The van der Waals surface area contributed by atoms with Gasteiger partial charge in [-0.05, 0) is 30.5 Å². The Morgan fingerprint density at radius 2 is 2.00 bits per heavy atom. The van der Waals surface area contributed by atoms with Crippen LogP contribution in [0.1, 0.15) is 48.9 Å². The Balaban J connectivity index is 1.74. The second-order valence-corrected chi connectivity index (χ2v) is 6.24. The Labute approximate surface area is 130 Å². The Bertz CT molecular complexity index is 590. The average molecular weight is 305 g/mol. The van der Waals surface area contributed by atoms with E-state index in [0.29, 0.717) is 11.1 Å². The lowest BCUT2D eigenvalue weighted by Gasteiger charge is -2.15. The second-order valence-electron chi connectivity index (χ2n) is 5.83. The van der Waals surface area contributed by atoms with E-state index in [4.69, 9.17) is 16.7 Å². The van der Waals surface area contributed by atoms with Crippen LogP contribution in [0.15, 0.2) is 36.5 Å². The van der Waals surface area contributed by atoms with E-state index in [1.54, 1.807) is 0 Å². The summed E-state index contributed by atoms with van der Waals surface area (Å²) in [6.45, 7) is 0.0834. The maximum atomic E-state index is 9.69. The minimum Gasteiger partial charge on any atom is -0.396 e. The summed E-state index contributed by atoms with van der Waals surface area (Å²) >= 11 is 6.24. The quantitative estimate of drug-likeness (QED) is 0.907. The number of aliphatic hydroxyl groups excluding tert-OH is 1. The van der Waals surface area contributed by atoms with Gasteiger partial charge in [-0.15, -0.1) is 0 Å². The first-order chi connectivity index (χ1) is 10.3. The molecule has 1 aliphatic rings. The topological polar surface area (TPSA) is 38.0 Å². The molecule has 0 saturated heterocycles. The van der Waals surface area contributed by atoms with Crippen LogP contribution in [-0.4, -0.2) is 21.5 Å². The maximum absolute atomic E-state index is 9.69. The van der Waals surface area contributed by atoms with Crippen LogP contribution in [0.3, 0.4) is 0 Å². The Hall–Kier alpha value is -1.32. The van der Waals surface area contributed by atoms with Crippen molar-refractivity contribution in [3.63, 3.8) is 0 Å². The zero-order valence-corrected chi connectivity index (χ0v) is 12.8. The van der Waals surface area contributed by atoms with Gasteiger partial charge >= 0.3 is 0 Å². The molecule has 1 atom stereocenters. The molecule has 1 aromatic heterocycles. The van der Waals surface area contributed by atoms with Crippen molar-refractivity contribution in [2.24, 2.45) is 0 Å². The van der Waals surface area contributed by atoms with Crippen LogP contribution in [0.4, 0.5) is 0 Å². The Kier molecular flexibility index (Phi) is 4.61. The zero-order chi connectivity index (χ0) is 14.7. The Morgan fingerprint density at radius 1 is 1.24 bits per heavy atom. The minimum atomic E-state index is 0.00521. The summed E-state index contributed by atoms with van der Waals surface area (Å²) in [6.07, 6.45) is 7.87. The lowest BCUT2D eigenvalue weighted by atomic mass is 9.95.